The molecule has 1 aromatic heterocycles. The first kappa shape index (κ1) is 12.2. The molecule has 1 saturated heterocycles. The van der Waals surface area contributed by atoms with Crippen LogP contribution >= 0.6 is 0 Å². The molecular weight excluding hydrogens is 224 g/mol. The molecule has 2 unspecified atom stereocenters. The van der Waals surface area contributed by atoms with Crippen LogP contribution in [0.1, 0.15) is 50.2 Å². The second kappa shape index (κ2) is 5.02. The van der Waals surface area contributed by atoms with Crippen molar-refractivity contribution in [3.63, 3.8) is 0 Å². The number of nitrogens with zero attached hydrogens (tertiary/aromatic N) is 3. The molecule has 0 spiro atoms. The third-order valence-corrected chi connectivity index (χ3v) is 4.57. The summed E-state index contributed by atoms with van der Waals surface area (Å²) in [6.07, 6.45) is 8.06. The minimum absolute atomic E-state index is 0.200. The van der Waals surface area contributed by atoms with Gasteiger partial charge in [0.1, 0.15) is 5.82 Å². The SMILES string of the molecule is CCN1CCCC1Cc1ncc2n1CCCC2N. The number of likely N-dealkylation sites (tertiary alicyclic amines) is 1. The molecule has 0 amide bonds. The smallest absolute Gasteiger partial charge is 0.110 e. The van der Waals surface area contributed by atoms with Gasteiger partial charge >= 0.3 is 0 Å². The van der Waals surface area contributed by atoms with Gasteiger partial charge in [-0.2, -0.15) is 0 Å². The number of imidazole rings is 1. The van der Waals surface area contributed by atoms with Crippen LogP contribution in [0.3, 0.4) is 0 Å². The molecule has 1 aromatic rings. The number of rotatable bonds is 3. The van der Waals surface area contributed by atoms with Crippen molar-refractivity contribution in [2.24, 2.45) is 5.73 Å². The average molecular weight is 248 g/mol. The predicted octanol–water partition coefficient (Wildman–Crippen LogP) is 1.70. The van der Waals surface area contributed by atoms with E-state index in [-0.39, 0.29) is 6.04 Å². The molecule has 100 valence electrons. The maximum Gasteiger partial charge on any atom is 0.110 e. The van der Waals surface area contributed by atoms with E-state index in [1.165, 1.54) is 37.3 Å². The summed E-state index contributed by atoms with van der Waals surface area (Å²) in [6, 6.07) is 0.894. The molecule has 18 heavy (non-hydrogen) atoms. The van der Waals surface area contributed by atoms with E-state index < -0.39 is 0 Å². The van der Waals surface area contributed by atoms with Crippen LogP contribution in [0.4, 0.5) is 0 Å². The standard InChI is InChI=1S/C14H24N4/c1-2-17-7-3-5-11(17)9-14-16-10-13-12(15)6-4-8-18(13)14/h10-12H,2-9,15H2,1H3. The average Bonchev–Trinajstić information content (AvgIpc) is 2.98. The van der Waals surface area contributed by atoms with Crippen LogP contribution in [0.15, 0.2) is 6.20 Å². The largest absolute Gasteiger partial charge is 0.331 e. The Balaban J connectivity index is 1.77. The van der Waals surface area contributed by atoms with Crippen LogP contribution < -0.4 is 5.73 Å². The Bertz CT molecular complexity index is 412. The van der Waals surface area contributed by atoms with E-state index >= 15 is 0 Å². The summed E-state index contributed by atoms with van der Waals surface area (Å²) >= 11 is 0. The van der Waals surface area contributed by atoms with E-state index in [1.807, 2.05) is 6.20 Å². The zero-order valence-electron chi connectivity index (χ0n) is 11.3. The highest BCUT2D eigenvalue weighted by atomic mass is 15.2. The Morgan fingerprint density at radius 3 is 3.00 bits per heavy atom. The van der Waals surface area contributed by atoms with Crippen molar-refractivity contribution in [2.75, 3.05) is 13.1 Å². The monoisotopic (exact) mass is 248 g/mol. The minimum atomic E-state index is 0.200. The van der Waals surface area contributed by atoms with Crippen molar-refractivity contribution in [1.82, 2.24) is 14.5 Å². The van der Waals surface area contributed by atoms with Gasteiger partial charge in [-0.15, -0.1) is 0 Å². The number of hydrogen-bond donors (Lipinski definition) is 1. The molecule has 4 heteroatoms. The molecule has 3 rings (SSSR count). The van der Waals surface area contributed by atoms with Gasteiger partial charge in [-0.3, -0.25) is 0 Å². The summed E-state index contributed by atoms with van der Waals surface area (Å²) in [7, 11) is 0. The van der Waals surface area contributed by atoms with Crippen molar-refractivity contribution in [3.8, 4) is 0 Å². The molecule has 2 aliphatic rings. The molecule has 2 aliphatic heterocycles. The van der Waals surface area contributed by atoms with Crippen molar-refractivity contribution in [3.05, 3.63) is 17.7 Å². The molecular formula is C14H24N4. The van der Waals surface area contributed by atoms with Crippen LogP contribution in [0.5, 0.6) is 0 Å². The first-order valence-corrected chi connectivity index (χ1v) is 7.33. The normalized spacial score (nSPS) is 28.6. The topological polar surface area (TPSA) is 47.1 Å². The van der Waals surface area contributed by atoms with Crippen molar-refractivity contribution >= 4 is 0 Å². The fourth-order valence-corrected chi connectivity index (χ4v) is 3.52. The lowest BCUT2D eigenvalue weighted by Gasteiger charge is -2.25. The molecule has 0 bridgehead atoms. The Kier molecular flexibility index (Phi) is 3.39. The van der Waals surface area contributed by atoms with Crippen LogP contribution in [-0.2, 0) is 13.0 Å². The van der Waals surface area contributed by atoms with Gasteiger partial charge in [0.2, 0.25) is 0 Å². The zero-order valence-corrected chi connectivity index (χ0v) is 11.3. The van der Waals surface area contributed by atoms with Crippen LogP contribution in [0.2, 0.25) is 0 Å². The summed E-state index contributed by atoms with van der Waals surface area (Å²) in [4.78, 5) is 7.22. The maximum absolute atomic E-state index is 6.15. The van der Waals surface area contributed by atoms with Gasteiger partial charge in [-0.1, -0.05) is 6.92 Å². The van der Waals surface area contributed by atoms with Crippen LogP contribution in [0, 0.1) is 0 Å². The lowest BCUT2D eigenvalue weighted by atomic mass is 10.1. The van der Waals surface area contributed by atoms with E-state index in [4.69, 9.17) is 5.73 Å². The molecule has 1 fully saturated rings. The zero-order chi connectivity index (χ0) is 12.5. The first-order chi connectivity index (χ1) is 8.79. The molecule has 0 aromatic carbocycles. The molecule has 2 atom stereocenters. The maximum atomic E-state index is 6.15. The Morgan fingerprint density at radius 1 is 1.33 bits per heavy atom. The summed E-state index contributed by atoms with van der Waals surface area (Å²) < 4.78 is 2.38. The third kappa shape index (κ3) is 2.08. The fourth-order valence-electron chi connectivity index (χ4n) is 3.52. The molecule has 2 N–H and O–H groups in total. The number of nitrogens with two attached hydrogens (primary N) is 1. The molecule has 3 heterocycles. The van der Waals surface area contributed by atoms with Crippen LogP contribution in [0.25, 0.3) is 0 Å². The van der Waals surface area contributed by atoms with E-state index in [0.29, 0.717) is 6.04 Å². The second-order valence-electron chi connectivity index (χ2n) is 5.63. The highest BCUT2D eigenvalue weighted by molar-refractivity contribution is 5.13. The van der Waals surface area contributed by atoms with E-state index in [0.717, 1.165) is 25.9 Å². The summed E-state index contributed by atoms with van der Waals surface area (Å²) in [5.41, 5.74) is 7.40. The Hall–Kier alpha value is -0.870. The van der Waals surface area contributed by atoms with Crippen molar-refractivity contribution < 1.29 is 0 Å². The van der Waals surface area contributed by atoms with Gasteiger partial charge in [-0.25, -0.2) is 4.98 Å². The fraction of sp³-hybridized carbons (Fsp3) is 0.786. The first-order valence-electron chi connectivity index (χ1n) is 7.33. The lowest BCUT2D eigenvalue weighted by molar-refractivity contribution is 0.260. The summed E-state index contributed by atoms with van der Waals surface area (Å²) in [6.45, 7) is 5.79. The summed E-state index contributed by atoms with van der Waals surface area (Å²) in [5.74, 6) is 1.26. The number of fused-ring (bicyclic) bond motifs is 1. The van der Waals surface area contributed by atoms with Crippen molar-refractivity contribution in [1.29, 1.82) is 0 Å². The highest BCUT2D eigenvalue weighted by Crippen LogP contribution is 2.26. The van der Waals surface area contributed by atoms with Gasteiger partial charge in [0.25, 0.3) is 0 Å². The number of aromatic nitrogens is 2. The molecule has 0 saturated carbocycles. The van der Waals surface area contributed by atoms with E-state index in [2.05, 4.69) is 21.4 Å². The van der Waals surface area contributed by atoms with Gasteiger partial charge in [0.05, 0.1) is 11.9 Å². The quantitative estimate of drug-likeness (QED) is 0.885. The van der Waals surface area contributed by atoms with Gasteiger partial charge in [-0.05, 0) is 38.8 Å². The molecule has 4 nitrogen and oxygen atoms in total. The van der Waals surface area contributed by atoms with E-state index in [9.17, 15) is 0 Å². The Morgan fingerprint density at radius 2 is 2.17 bits per heavy atom. The minimum Gasteiger partial charge on any atom is -0.331 e. The van der Waals surface area contributed by atoms with Gasteiger partial charge in [0, 0.05) is 25.0 Å². The summed E-state index contributed by atoms with van der Waals surface area (Å²) in [5, 5.41) is 0. The van der Waals surface area contributed by atoms with Crippen molar-refractivity contribution in [2.45, 2.75) is 57.7 Å². The second-order valence-corrected chi connectivity index (χ2v) is 5.63. The number of hydrogen-bond acceptors (Lipinski definition) is 3. The van der Waals surface area contributed by atoms with Crippen LogP contribution in [-0.4, -0.2) is 33.6 Å². The lowest BCUT2D eigenvalue weighted by Crippen LogP contribution is -2.32. The predicted molar refractivity (Wildman–Crippen MR) is 72.4 cm³/mol. The van der Waals surface area contributed by atoms with Gasteiger partial charge in [0.15, 0.2) is 0 Å². The third-order valence-electron chi connectivity index (χ3n) is 4.57. The molecule has 0 aliphatic carbocycles. The molecule has 0 radical (unpaired) electrons. The van der Waals surface area contributed by atoms with Gasteiger partial charge < -0.3 is 15.2 Å². The highest BCUT2D eigenvalue weighted by Gasteiger charge is 2.27. The number of likely N-dealkylation sites (N-methyl/N-ethyl adjacent to an activating group) is 1. The Labute approximate surface area is 109 Å². The van der Waals surface area contributed by atoms with E-state index in [1.54, 1.807) is 0 Å².